The third kappa shape index (κ3) is 2.84. The Kier molecular flexibility index (Phi) is 3.89. The quantitative estimate of drug-likeness (QED) is 0.902. The maximum atomic E-state index is 13.5. The summed E-state index contributed by atoms with van der Waals surface area (Å²) >= 11 is 0. The zero-order chi connectivity index (χ0) is 13.0. The zero-order valence-corrected chi connectivity index (χ0v) is 10.0. The van der Waals surface area contributed by atoms with E-state index in [0.29, 0.717) is 17.5 Å². The van der Waals surface area contributed by atoms with Gasteiger partial charge in [0.2, 0.25) is 0 Å². The summed E-state index contributed by atoms with van der Waals surface area (Å²) in [6.07, 6.45) is 2.90. The van der Waals surface area contributed by atoms with Crippen molar-refractivity contribution in [2.24, 2.45) is 0 Å². The topological polar surface area (TPSA) is 42.4 Å². The molecule has 0 bridgehead atoms. The van der Waals surface area contributed by atoms with Crippen molar-refractivity contribution in [2.45, 2.75) is 12.5 Å². The molecule has 0 fully saturated rings. The highest BCUT2D eigenvalue weighted by molar-refractivity contribution is 5.30. The van der Waals surface area contributed by atoms with Crippen molar-refractivity contribution in [3.8, 4) is 5.75 Å². The molecule has 94 valence electrons. The number of hydrogen-bond donors (Lipinski definition) is 1. The molecule has 0 aliphatic rings. The Balaban J connectivity index is 2.12. The van der Waals surface area contributed by atoms with Gasteiger partial charge in [-0.3, -0.25) is 4.98 Å². The molecule has 1 atom stereocenters. The van der Waals surface area contributed by atoms with Crippen molar-refractivity contribution in [3.05, 3.63) is 59.7 Å². The number of hydrogen-bond acceptors (Lipinski definition) is 3. The SMILES string of the molecule is COc1ccc(CC(O)c2cccnc2)cc1F. The molecule has 0 aliphatic carbocycles. The van der Waals surface area contributed by atoms with Gasteiger partial charge in [-0.2, -0.15) is 0 Å². The molecule has 3 nitrogen and oxygen atoms in total. The van der Waals surface area contributed by atoms with Gasteiger partial charge in [0.15, 0.2) is 11.6 Å². The van der Waals surface area contributed by atoms with Crippen LogP contribution >= 0.6 is 0 Å². The minimum atomic E-state index is -0.688. The van der Waals surface area contributed by atoms with E-state index in [0.717, 1.165) is 0 Å². The first-order valence-electron chi connectivity index (χ1n) is 5.61. The normalized spacial score (nSPS) is 12.2. The monoisotopic (exact) mass is 247 g/mol. The van der Waals surface area contributed by atoms with Crippen LogP contribution in [0.25, 0.3) is 0 Å². The van der Waals surface area contributed by atoms with E-state index in [-0.39, 0.29) is 5.75 Å². The lowest BCUT2D eigenvalue weighted by Gasteiger charge is -2.11. The van der Waals surface area contributed by atoms with E-state index in [1.807, 2.05) is 0 Å². The number of nitrogens with zero attached hydrogens (tertiary/aromatic N) is 1. The van der Waals surface area contributed by atoms with E-state index in [2.05, 4.69) is 4.98 Å². The smallest absolute Gasteiger partial charge is 0.165 e. The standard InChI is InChI=1S/C14H14FNO2/c1-18-14-5-4-10(7-12(14)15)8-13(17)11-3-2-6-16-9-11/h2-7,9,13,17H,8H2,1H3. The highest BCUT2D eigenvalue weighted by Gasteiger charge is 2.10. The van der Waals surface area contributed by atoms with Crippen LogP contribution in [-0.2, 0) is 6.42 Å². The fourth-order valence-corrected chi connectivity index (χ4v) is 1.75. The number of methoxy groups -OCH3 is 1. The average molecular weight is 247 g/mol. The van der Waals surface area contributed by atoms with Crippen LogP contribution in [-0.4, -0.2) is 17.2 Å². The van der Waals surface area contributed by atoms with Gasteiger partial charge in [0.1, 0.15) is 0 Å². The predicted octanol–water partition coefficient (Wildman–Crippen LogP) is 2.51. The minimum absolute atomic E-state index is 0.203. The molecular weight excluding hydrogens is 233 g/mol. The number of aliphatic hydroxyl groups excluding tert-OH is 1. The van der Waals surface area contributed by atoms with Crippen molar-refractivity contribution in [1.29, 1.82) is 0 Å². The Morgan fingerprint density at radius 1 is 1.39 bits per heavy atom. The molecule has 4 heteroatoms. The molecule has 0 spiro atoms. The number of aromatic nitrogens is 1. The van der Waals surface area contributed by atoms with Crippen molar-refractivity contribution in [3.63, 3.8) is 0 Å². The Hall–Kier alpha value is -1.94. The van der Waals surface area contributed by atoms with Crippen LogP contribution in [0, 0.1) is 5.82 Å². The first-order valence-corrected chi connectivity index (χ1v) is 5.61. The number of ether oxygens (including phenoxy) is 1. The van der Waals surface area contributed by atoms with Crippen LogP contribution < -0.4 is 4.74 Å². The van der Waals surface area contributed by atoms with Crippen LogP contribution in [0.2, 0.25) is 0 Å². The van der Waals surface area contributed by atoms with Crippen LogP contribution in [0.3, 0.4) is 0 Å². The number of pyridine rings is 1. The molecule has 0 amide bonds. The second kappa shape index (κ2) is 5.60. The van der Waals surface area contributed by atoms with Crippen molar-refractivity contribution in [1.82, 2.24) is 4.98 Å². The van der Waals surface area contributed by atoms with E-state index >= 15 is 0 Å². The zero-order valence-electron chi connectivity index (χ0n) is 10.0. The van der Waals surface area contributed by atoms with Gasteiger partial charge < -0.3 is 9.84 Å². The van der Waals surface area contributed by atoms with Gasteiger partial charge in [0.25, 0.3) is 0 Å². The first kappa shape index (κ1) is 12.5. The Morgan fingerprint density at radius 3 is 2.83 bits per heavy atom. The molecule has 2 aromatic rings. The maximum absolute atomic E-state index is 13.5. The van der Waals surface area contributed by atoms with Crippen molar-refractivity contribution in [2.75, 3.05) is 7.11 Å². The maximum Gasteiger partial charge on any atom is 0.165 e. The Morgan fingerprint density at radius 2 is 2.22 bits per heavy atom. The summed E-state index contributed by atoms with van der Waals surface area (Å²) in [5, 5.41) is 10.00. The number of halogens is 1. The largest absolute Gasteiger partial charge is 0.494 e. The fraction of sp³-hybridized carbons (Fsp3) is 0.214. The average Bonchev–Trinajstić information content (AvgIpc) is 2.40. The highest BCUT2D eigenvalue weighted by atomic mass is 19.1. The molecule has 1 aromatic heterocycles. The molecule has 2 rings (SSSR count). The van der Waals surface area contributed by atoms with Gasteiger partial charge in [-0.15, -0.1) is 0 Å². The summed E-state index contributed by atoms with van der Waals surface area (Å²) in [6.45, 7) is 0. The van der Waals surface area contributed by atoms with Gasteiger partial charge in [-0.25, -0.2) is 4.39 Å². The van der Waals surface area contributed by atoms with Crippen LogP contribution in [0.4, 0.5) is 4.39 Å². The van der Waals surface area contributed by atoms with E-state index in [4.69, 9.17) is 4.74 Å². The summed E-state index contributed by atoms with van der Waals surface area (Å²) in [5.41, 5.74) is 1.43. The second-order valence-electron chi connectivity index (χ2n) is 3.98. The molecule has 0 saturated carbocycles. The number of benzene rings is 1. The Labute approximate surface area is 105 Å². The minimum Gasteiger partial charge on any atom is -0.494 e. The molecule has 1 unspecified atom stereocenters. The molecule has 0 aliphatic heterocycles. The van der Waals surface area contributed by atoms with E-state index < -0.39 is 11.9 Å². The van der Waals surface area contributed by atoms with Crippen molar-refractivity contribution < 1.29 is 14.2 Å². The molecule has 0 radical (unpaired) electrons. The summed E-state index contributed by atoms with van der Waals surface area (Å²) in [4.78, 5) is 3.94. The van der Waals surface area contributed by atoms with Crippen molar-refractivity contribution >= 4 is 0 Å². The summed E-state index contributed by atoms with van der Waals surface area (Å²) in [6, 6.07) is 8.21. The summed E-state index contributed by atoms with van der Waals surface area (Å²) < 4.78 is 18.3. The Bertz CT molecular complexity index is 516. The van der Waals surface area contributed by atoms with Gasteiger partial charge in [-0.1, -0.05) is 12.1 Å². The lowest BCUT2D eigenvalue weighted by molar-refractivity contribution is 0.178. The van der Waals surface area contributed by atoms with E-state index in [1.165, 1.54) is 13.2 Å². The molecule has 1 N–H and O–H groups in total. The van der Waals surface area contributed by atoms with Crippen LogP contribution in [0.5, 0.6) is 5.75 Å². The van der Waals surface area contributed by atoms with Gasteiger partial charge in [0.05, 0.1) is 13.2 Å². The first-order chi connectivity index (χ1) is 8.70. The third-order valence-electron chi connectivity index (χ3n) is 2.71. The highest BCUT2D eigenvalue weighted by Crippen LogP contribution is 2.22. The predicted molar refractivity (Wildman–Crippen MR) is 65.9 cm³/mol. The van der Waals surface area contributed by atoms with E-state index in [1.54, 1.807) is 36.7 Å². The fourth-order valence-electron chi connectivity index (χ4n) is 1.75. The lowest BCUT2D eigenvalue weighted by atomic mass is 10.0. The summed E-state index contributed by atoms with van der Waals surface area (Å²) in [5.74, 6) is -0.219. The van der Waals surface area contributed by atoms with Gasteiger partial charge in [0, 0.05) is 18.8 Å². The number of aliphatic hydroxyl groups is 1. The molecule has 0 saturated heterocycles. The molecule has 18 heavy (non-hydrogen) atoms. The lowest BCUT2D eigenvalue weighted by Crippen LogP contribution is -2.02. The van der Waals surface area contributed by atoms with Gasteiger partial charge >= 0.3 is 0 Å². The van der Waals surface area contributed by atoms with Crippen LogP contribution in [0.15, 0.2) is 42.7 Å². The van der Waals surface area contributed by atoms with Crippen LogP contribution in [0.1, 0.15) is 17.2 Å². The number of rotatable bonds is 4. The van der Waals surface area contributed by atoms with E-state index in [9.17, 15) is 9.50 Å². The van der Waals surface area contributed by atoms with Gasteiger partial charge in [-0.05, 0) is 29.3 Å². The molecule has 1 aromatic carbocycles. The summed E-state index contributed by atoms with van der Waals surface area (Å²) in [7, 11) is 1.42. The third-order valence-corrected chi connectivity index (χ3v) is 2.71. The second-order valence-corrected chi connectivity index (χ2v) is 3.98. The molecular formula is C14H14FNO2. The molecule has 1 heterocycles.